The molecule has 0 bridgehead atoms. The third kappa shape index (κ3) is 5.70. The van der Waals surface area contributed by atoms with Gasteiger partial charge in [0.15, 0.2) is 0 Å². The van der Waals surface area contributed by atoms with E-state index >= 15 is 0 Å². The van der Waals surface area contributed by atoms with E-state index in [0.717, 1.165) is 18.8 Å². The first-order valence-electron chi connectivity index (χ1n) is 8.87. The molecule has 2 aromatic rings. The number of carbonyl (C=O) groups excluding carboxylic acids is 2. The highest BCUT2D eigenvalue weighted by Crippen LogP contribution is 2.16. The number of nitrogens with one attached hydrogen (secondary N) is 3. The van der Waals surface area contributed by atoms with Crippen molar-refractivity contribution >= 4 is 28.9 Å². The molecule has 0 spiro atoms. The predicted octanol–water partition coefficient (Wildman–Crippen LogP) is 2.31. The smallest absolute Gasteiger partial charge is 0.271 e. The molecule has 0 aliphatic heterocycles. The van der Waals surface area contributed by atoms with Crippen molar-refractivity contribution in [2.24, 2.45) is 0 Å². The SMILES string of the molecule is CCN(CC)c1ccc(C(=O)NNC(=O)CNc2cccc([N+](=O)[O-])c2)cc1. The van der Waals surface area contributed by atoms with E-state index < -0.39 is 16.7 Å². The number of amides is 2. The minimum atomic E-state index is -0.517. The largest absolute Gasteiger partial charge is 0.376 e. The molecule has 0 saturated heterocycles. The molecule has 9 heteroatoms. The van der Waals surface area contributed by atoms with Crippen molar-refractivity contribution in [1.29, 1.82) is 0 Å². The van der Waals surface area contributed by atoms with Gasteiger partial charge in [0.25, 0.3) is 17.5 Å². The molecule has 2 aromatic carbocycles. The summed E-state index contributed by atoms with van der Waals surface area (Å²) in [7, 11) is 0. The second-order valence-electron chi connectivity index (χ2n) is 5.88. The predicted molar refractivity (Wildman–Crippen MR) is 107 cm³/mol. The van der Waals surface area contributed by atoms with Crippen LogP contribution >= 0.6 is 0 Å². The Morgan fingerprint density at radius 2 is 1.71 bits per heavy atom. The maximum absolute atomic E-state index is 12.1. The van der Waals surface area contributed by atoms with E-state index in [4.69, 9.17) is 0 Å². The number of rotatable bonds is 8. The van der Waals surface area contributed by atoms with Crippen LogP contribution in [0.5, 0.6) is 0 Å². The average Bonchev–Trinajstić information content (AvgIpc) is 2.72. The molecule has 0 heterocycles. The lowest BCUT2D eigenvalue weighted by Gasteiger charge is -2.21. The Morgan fingerprint density at radius 1 is 1.04 bits per heavy atom. The van der Waals surface area contributed by atoms with Crippen LogP contribution in [0.15, 0.2) is 48.5 Å². The topological polar surface area (TPSA) is 117 Å². The number of anilines is 2. The fourth-order valence-electron chi connectivity index (χ4n) is 2.57. The van der Waals surface area contributed by atoms with Gasteiger partial charge in [-0.25, -0.2) is 0 Å². The van der Waals surface area contributed by atoms with Crippen molar-refractivity contribution in [2.45, 2.75) is 13.8 Å². The third-order valence-corrected chi connectivity index (χ3v) is 4.08. The molecule has 3 N–H and O–H groups in total. The monoisotopic (exact) mass is 385 g/mol. The number of nitrogens with zero attached hydrogens (tertiary/aromatic N) is 2. The highest BCUT2D eigenvalue weighted by atomic mass is 16.6. The van der Waals surface area contributed by atoms with Crippen molar-refractivity contribution in [3.05, 3.63) is 64.2 Å². The Labute approximate surface area is 162 Å². The van der Waals surface area contributed by atoms with Gasteiger partial charge in [-0.1, -0.05) is 6.07 Å². The summed E-state index contributed by atoms with van der Waals surface area (Å²) in [5, 5.41) is 13.5. The molecule has 0 aliphatic rings. The number of hydrogen-bond acceptors (Lipinski definition) is 6. The molecule has 9 nitrogen and oxygen atoms in total. The number of nitro groups is 1. The van der Waals surface area contributed by atoms with E-state index in [1.54, 1.807) is 18.2 Å². The van der Waals surface area contributed by atoms with Crippen LogP contribution in [0, 0.1) is 10.1 Å². The standard InChI is InChI=1S/C19H23N5O4/c1-3-23(4-2)16-10-8-14(9-11-16)19(26)22-21-18(25)13-20-15-6-5-7-17(12-15)24(27)28/h5-12,20H,3-4,13H2,1-2H3,(H,21,25)(H,22,26). The molecule has 0 aliphatic carbocycles. The summed E-state index contributed by atoms with van der Waals surface area (Å²) in [6.07, 6.45) is 0. The molecule has 0 fully saturated rings. The zero-order valence-electron chi connectivity index (χ0n) is 15.8. The zero-order valence-corrected chi connectivity index (χ0v) is 15.8. The van der Waals surface area contributed by atoms with Gasteiger partial charge in [-0.15, -0.1) is 0 Å². The lowest BCUT2D eigenvalue weighted by molar-refractivity contribution is -0.384. The average molecular weight is 385 g/mol. The van der Waals surface area contributed by atoms with Gasteiger partial charge in [0.2, 0.25) is 0 Å². The van der Waals surface area contributed by atoms with Gasteiger partial charge in [-0.05, 0) is 44.2 Å². The van der Waals surface area contributed by atoms with Crippen LogP contribution in [0.4, 0.5) is 17.1 Å². The van der Waals surface area contributed by atoms with Crippen molar-refractivity contribution in [2.75, 3.05) is 29.9 Å². The van der Waals surface area contributed by atoms with E-state index in [2.05, 4.69) is 34.9 Å². The molecule has 0 atom stereocenters. The summed E-state index contributed by atoms with van der Waals surface area (Å²) in [5.41, 5.74) is 6.44. The molecule has 0 aromatic heterocycles. The number of hydrazine groups is 1. The summed E-state index contributed by atoms with van der Waals surface area (Å²) in [6.45, 7) is 5.70. The molecule has 0 radical (unpaired) electrons. The van der Waals surface area contributed by atoms with Gasteiger partial charge in [0.05, 0.1) is 11.5 Å². The molecular formula is C19H23N5O4. The summed E-state index contributed by atoms with van der Waals surface area (Å²) in [6, 6.07) is 12.9. The number of non-ortho nitro benzene ring substituents is 1. The van der Waals surface area contributed by atoms with Crippen LogP contribution in [0.25, 0.3) is 0 Å². The van der Waals surface area contributed by atoms with Gasteiger partial charge in [-0.2, -0.15) is 0 Å². The van der Waals surface area contributed by atoms with Gasteiger partial charge in [-0.3, -0.25) is 30.6 Å². The summed E-state index contributed by atoms with van der Waals surface area (Å²) >= 11 is 0. The van der Waals surface area contributed by atoms with E-state index in [9.17, 15) is 19.7 Å². The van der Waals surface area contributed by atoms with Gasteiger partial charge in [0.1, 0.15) is 0 Å². The van der Waals surface area contributed by atoms with Crippen molar-refractivity contribution < 1.29 is 14.5 Å². The normalized spacial score (nSPS) is 10.1. The van der Waals surface area contributed by atoms with Gasteiger partial charge < -0.3 is 10.2 Å². The summed E-state index contributed by atoms with van der Waals surface area (Å²) < 4.78 is 0. The van der Waals surface area contributed by atoms with Crippen molar-refractivity contribution in [1.82, 2.24) is 10.9 Å². The van der Waals surface area contributed by atoms with E-state index in [1.165, 1.54) is 18.2 Å². The Balaban J connectivity index is 1.83. The second kappa shape index (κ2) is 9.91. The summed E-state index contributed by atoms with van der Waals surface area (Å²) in [5.74, 6) is -0.922. The fraction of sp³-hybridized carbons (Fsp3) is 0.263. The van der Waals surface area contributed by atoms with E-state index in [1.807, 2.05) is 12.1 Å². The number of nitro benzene ring substituents is 1. The Hall–Kier alpha value is -3.62. The molecule has 28 heavy (non-hydrogen) atoms. The van der Waals surface area contributed by atoms with Crippen molar-refractivity contribution in [3.8, 4) is 0 Å². The zero-order chi connectivity index (χ0) is 20.5. The van der Waals surface area contributed by atoms with Crippen molar-refractivity contribution in [3.63, 3.8) is 0 Å². The summed E-state index contributed by atoms with van der Waals surface area (Å²) in [4.78, 5) is 36.4. The van der Waals surface area contributed by atoms with Gasteiger partial charge >= 0.3 is 0 Å². The Bertz CT molecular complexity index is 834. The van der Waals surface area contributed by atoms with Crippen LogP contribution in [0.3, 0.4) is 0 Å². The highest BCUT2D eigenvalue weighted by molar-refractivity contribution is 5.96. The minimum absolute atomic E-state index is 0.0770. The lowest BCUT2D eigenvalue weighted by Crippen LogP contribution is -2.44. The molecular weight excluding hydrogens is 362 g/mol. The quantitative estimate of drug-likeness (QED) is 0.474. The number of benzene rings is 2. The Morgan fingerprint density at radius 3 is 2.32 bits per heavy atom. The van der Waals surface area contributed by atoms with Crippen LogP contribution in [0.2, 0.25) is 0 Å². The van der Waals surface area contributed by atoms with Crippen LogP contribution in [0.1, 0.15) is 24.2 Å². The van der Waals surface area contributed by atoms with Crippen LogP contribution < -0.4 is 21.1 Å². The van der Waals surface area contributed by atoms with Gasteiger partial charge in [0, 0.05) is 42.2 Å². The first-order chi connectivity index (χ1) is 13.4. The molecule has 2 rings (SSSR count). The fourth-order valence-corrected chi connectivity index (χ4v) is 2.57. The molecule has 0 saturated carbocycles. The number of carbonyl (C=O) groups is 2. The highest BCUT2D eigenvalue weighted by Gasteiger charge is 2.10. The Kier molecular flexibility index (Phi) is 7.32. The molecule has 148 valence electrons. The van der Waals surface area contributed by atoms with E-state index in [0.29, 0.717) is 11.3 Å². The van der Waals surface area contributed by atoms with Crippen LogP contribution in [-0.2, 0) is 4.79 Å². The van der Waals surface area contributed by atoms with E-state index in [-0.39, 0.29) is 12.2 Å². The van der Waals surface area contributed by atoms with Crippen LogP contribution in [-0.4, -0.2) is 36.4 Å². The maximum Gasteiger partial charge on any atom is 0.271 e. The first-order valence-corrected chi connectivity index (χ1v) is 8.87. The first kappa shape index (κ1) is 20.7. The maximum atomic E-state index is 12.1. The minimum Gasteiger partial charge on any atom is -0.376 e. The molecule has 2 amide bonds. The third-order valence-electron chi connectivity index (χ3n) is 4.08. The second-order valence-corrected chi connectivity index (χ2v) is 5.88. The number of hydrogen-bond donors (Lipinski definition) is 3. The lowest BCUT2D eigenvalue weighted by atomic mass is 10.2. The molecule has 0 unspecified atom stereocenters.